The van der Waals surface area contributed by atoms with Crippen molar-refractivity contribution in [3.05, 3.63) is 76.4 Å². The number of hydrogen-bond acceptors (Lipinski definition) is 3. The van der Waals surface area contributed by atoms with E-state index in [0.717, 1.165) is 16.9 Å². The third kappa shape index (κ3) is 5.59. The molecule has 0 unspecified atom stereocenters. The van der Waals surface area contributed by atoms with Gasteiger partial charge in [-0.2, -0.15) is 0 Å². The molecule has 28 heavy (non-hydrogen) atoms. The zero-order valence-electron chi connectivity index (χ0n) is 17.7. The van der Waals surface area contributed by atoms with Gasteiger partial charge in [0.1, 0.15) is 11.5 Å². The molecule has 0 heterocycles. The smallest absolute Gasteiger partial charge is 0.189 e. The van der Waals surface area contributed by atoms with Crippen molar-refractivity contribution >= 4 is 11.9 Å². The molecule has 0 bridgehead atoms. The summed E-state index contributed by atoms with van der Waals surface area (Å²) in [5.41, 5.74) is 4.99. The van der Waals surface area contributed by atoms with Crippen LogP contribution in [0.3, 0.4) is 0 Å². The quantitative estimate of drug-likeness (QED) is 0.310. The number of methoxy groups -OCH3 is 2. The Hall–Kier alpha value is -2.81. The van der Waals surface area contributed by atoms with E-state index in [2.05, 4.69) is 45.9 Å². The lowest BCUT2D eigenvalue weighted by Crippen LogP contribution is -2.02. The number of benzene rings is 2. The summed E-state index contributed by atoms with van der Waals surface area (Å²) >= 11 is 0. The van der Waals surface area contributed by atoms with Gasteiger partial charge in [0, 0.05) is 6.07 Å². The van der Waals surface area contributed by atoms with E-state index in [-0.39, 0.29) is 5.78 Å². The van der Waals surface area contributed by atoms with Crippen molar-refractivity contribution in [2.75, 3.05) is 14.2 Å². The molecule has 0 aliphatic heterocycles. The first-order valence-corrected chi connectivity index (χ1v) is 9.56. The molecule has 0 atom stereocenters. The number of allylic oxidation sites excluding steroid dienone is 3. The Morgan fingerprint density at radius 1 is 1.00 bits per heavy atom. The molecule has 0 aliphatic rings. The summed E-state index contributed by atoms with van der Waals surface area (Å²) in [5, 5.41) is 0. The minimum Gasteiger partial charge on any atom is -0.496 e. The van der Waals surface area contributed by atoms with E-state index in [1.165, 1.54) is 11.1 Å². The van der Waals surface area contributed by atoms with Crippen molar-refractivity contribution in [1.29, 1.82) is 0 Å². The largest absolute Gasteiger partial charge is 0.496 e. The van der Waals surface area contributed by atoms with Gasteiger partial charge in [-0.25, -0.2) is 0 Å². The molecule has 0 fully saturated rings. The third-order valence-corrected chi connectivity index (χ3v) is 4.63. The summed E-state index contributed by atoms with van der Waals surface area (Å²) in [7, 11) is 3.19. The molecular weight excluding hydrogens is 348 g/mol. The number of ketones is 1. The van der Waals surface area contributed by atoms with E-state index in [0.29, 0.717) is 23.7 Å². The van der Waals surface area contributed by atoms with Gasteiger partial charge in [0.2, 0.25) is 0 Å². The minimum absolute atomic E-state index is 0.0918. The van der Waals surface area contributed by atoms with Gasteiger partial charge in [0.05, 0.1) is 19.8 Å². The number of carbonyl (C=O) groups excluding carboxylic acids is 1. The van der Waals surface area contributed by atoms with Gasteiger partial charge in [-0.05, 0) is 55.0 Å². The number of carbonyl (C=O) groups is 1. The lowest BCUT2D eigenvalue weighted by Gasteiger charge is -2.13. The van der Waals surface area contributed by atoms with Crippen molar-refractivity contribution < 1.29 is 14.3 Å². The highest BCUT2D eigenvalue weighted by atomic mass is 16.5. The Bertz CT molecular complexity index is 867. The Balaban J connectivity index is 2.32. The second-order valence-corrected chi connectivity index (χ2v) is 7.37. The standard InChI is InChI=1S/C25H30O3/c1-17(2)7-11-21-15-22(25(28-6)16-24(21)27-5)23(26)14-10-19-8-12-20(13-9-19)18(3)4/h7-10,12-16,18H,11H2,1-6H3/b14-10-. The van der Waals surface area contributed by atoms with Gasteiger partial charge in [0.15, 0.2) is 5.78 Å². The predicted molar refractivity (Wildman–Crippen MR) is 117 cm³/mol. The molecule has 2 aromatic rings. The van der Waals surface area contributed by atoms with Crippen LogP contribution in [-0.2, 0) is 6.42 Å². The Kier molecular flexibility index (Phi) is 7.62. The average Bonchev–Trinajstić information content (AvgIpc) is 2.69. The van der Waals surface area contributed by atoms with E-state index in [9.17, 15) is 4.79 Å². The maximum absolute atomic E-state index is 12.8. The Labute approximate surface area is 168 Å². The fourth-order valence-electron chi connectivity index (χ4n) is 2.88. The molecule has 2 aromatic carbocycles. The zero-order valence-corrected chi connectivity index (χ0v) is 17.7. The third-order valence-electron chi connectivity index (χ3n) is 4.63. The van der Waals surface area contributed by atoms with E-state index in [4.69, 9.17) is 9.47 Å². The first-order chi connectivity index (χ1) is 13.3. The van der Waals surface area contributed by atoms with Crippen molar-refractivity contribution in [2.24, 2.45) is 0 Å². The number of hydrogen-bond donors (Lipinski definition) is 0. The van der Waals surface area contributed by atoms with E-state index >= 15 is 0 Å². The number of rotatable bonds is 8. The van der Waals surface area contributed by atoms with Gasteiger partial charge >= 0.3 is 0 Å². The van der Waals surface area contributed by atoms with E-state index in [1.54, 1.807) is 26.4 Å². The van der Waals surface area contributed by atoms with Gasteiger partial charge in [-0.3, -0.25) is 4.79 Å². The van der Waals surface area contributed by atoms with Crippen LogP contribution in [0.2, 0.25) is 0 Å². The molecule has 2 rings (SSSR count). The van der Waals surface area contributed by atoms with E-state index in [1.807, 2.05) is 24.3 Å². The topological polar surface area (TPSA) is 35.5 Å². The highest BCUT2D eigenvalue weighted by molar-refractivity contribution is 6.09. The Morgan fingerprint density at radius 3 is 2.18 bits per heavy atom. The molecule has 0 spiro atoms. The first kappa shape index (κ1) is 21.5. The fraction of sp³-hybridized carbons (Fsp3) is 0.320. The van der Waals surface area contributed by atoms with Crippen LogP contribution in [0.1, 0.15) is 60.7 Å². The van der Waals surface area contributed by atoms with Crippen molar-refractivity contribution in [3.8, 4) is 11.5 Å². The maximum atomic E-state index is 12.8. The SMILES string of the molecule is COc1cc(OC)c(C(=O)/C=C\c2ccc(C(C)C)cc2)cc1CC=C(C)C. The van der Waals surface area contributed by atoms with Crippen LogP contribution in [0.25, 0.3) is 6.08 Å². The second-order valence-electron chi connectivity index (χ2n) is 7.37. The average molecular weight is 379 g/mol. The molecular formula is C25H30O3. The lowest BCUT2D eigenvalue weighted by atomic mass is 10.00. The summed E-state index contributed by atoms with van der Waals surface area (Å²) in [6, 6.07) is 11.9. The van der Waals surface area contributed by atoms with E-state index < -0.39 is 0 Å². The van der Waals surface area contributed by atoms with Gasteiger partial charge in [-0.1, -0.05) is 55.8 Å². The number of ether oxygens (including phenoxy) is 2. The molecule has 0 saturated heterocycles. The molecule has 0 N–H and O–H groups in total. The Morgan fingerprint density at radius 2 is 1.64 bits per heavy atom. The summed E-state index contributed by atoms with van der Waals surface area (Å²) in [4.78, 5) is 12.8. The molecule has 0 amide bonds. The van der Waals surface area contributed by atoms with Crippen molar-refractivity contribution in [1.82, 2.24) is 0 Å². The van der Waals surface area contributed by atoms with Crippen LogP contribution in [0, 0.1) is 0 Å². The lowest BCUT2D eigenvalue weighted by molar-refractivity contribution is 0.104. The van der Waals surface area contributed by atoms with Crippen LogP contribution in [0.15, 0.2) is 54.1 Å². The van der Waals surface area contributed by atoms with Crippen LogP contribution < -0.4 is 9.47 Å². The van der Waals surface area contributed by atoms with Crippen LogP contribution >= 0.6 is 0 Å². The first-order valence-electron chi connectivity index (χ1n) is 9.56. The zero-order chi connectivity index (χ0) is 20.7. The van der Waals surface area contributed by atoms with Crippen LogP contribution in [0.5, 0.6) is 11.5 Å². The summed E-state index contributed by atoms with van der Waals surface area (Å²) < 4.78 is 10.9. The highest BCUT2D eigenvalue weighted by Gasteiger charge is 2.15. The highest BCUT2D eigenvalue weighted by Crippen LogP contribution is 2.30. The fourth-order valence-corrected chi connectivity index (χ4v) is 2.88. The molecule has 0 saturated carbocycles. The molecule has 148 valence electrons. The van der Waals surface area contributed by atoms with Gasteiger partial charge < -0.3 is 9.47 Å². The van der Waals surface area contributed by atoms with Crippen molar-refractivity contribution in [3.63, 3.8) is 0 Å². The maximum Gasteiger partial charge on any atom is 0.189 e. The molecule has 0 aliphatic carbocycles. The second kappa shape index (κ2) is 9.93. The molecule has 3 nitrogen and oxygen atoms in total. The molecule has 0 radical (unpaired) electrons. The predicted octanol–water partition coefficient (Wildman–Crippen LogP) is 6.23. The summed E-state index contributed by atoms with van der Waals surface area (Å²) in [6.07, 6.45) is 6.26. The summed E-state index contributed by atoms with van der Waals surface area (Å²) in [5.74, 6) is 1.63. The van der Waals surface area contributed by atoms with Crippen molar-refractivity contribution in [2.45, 2.75) is 40.0 Å². The minimum atomic E-state index is -0.0918. The molecule has 0 aromatic heterocycles. The van der Waals surface area contributed by atoms with Gasteiger partial charge in [-0.15, -0.1) is 0 Å². The van der Waals surface area contributed by atoms with Gasteiger partial charge in [0.25, 0.3) is 0 Å². The molecule has 3 heteroatoms. The monoisotopic (exact) mass is 378 g/mol. The van der Waals surface area contributed by atoms with Crippen LogP contribution in [-0.4, -0.2) is 20.0 Å². The normalized spacial score (nSPS) is 11.0. The van der Waals surface area contributed by atoms with Crippen LogP contribution in [0.4, 0.5) is 0 Å². The summed E-state index contributed by atoms with van der Waals surface area (Å²) in [6.45, 7) is 8.43.